The molecular formula is C18H10Br2O2. The van der Waals surface area contributed by atoms with Crippen molar-refractivity contribution in [1.29, 1.82) is 0 Å². The first kappa shape index (κ1) is 13.9. The van der Waals surface area contributed by atoms with Crippen LogP contribution in [0.1, 0.15) is 11.1 Å². The molecule has 0 atom stereocenters. The first-order valence-electron chi connectivity index (χ1n) is 6.74. The van der Waals surface area contributed by atoms with Gasteiger partial charge in [0.05, 0.1) is 21.5 Å². The highest BCUT2D eigenvalue weighted by Crippen LogP contribution is 2.44. The summed E-state index contributed by atoms with van der Waals surface area (Å²) < 4.78 is 13.2. The highest BCUT2D eigenvalue weighted by atomic mass is 79.9. The Kier molecular flexibility index (Phi) is 3.43. The summed E-state index contributed by atoms with van der Waals surface area (Å²) in [6, 6.07) is 12.1. The second kappa shape index (κ2) is 5.45. The fourth-order valence-corrected chi connectivity index (χ4v) is 3.59. The topological polar surface area (TPSA) is 18.5 Å². The maximum absolute atomic E-state index is 5.66. The van der Waals surface area contributed by atoms with E-state index < -0.39 is 0 Å². The van der Waals surface area contributed by atoms with Crippen molar-refractivity contribution in [2.75, 3.05) is 0 Å². The quantitative estimate of drug-likeness (QED) is 0.528. The summed E-state index contributed by atoms with van der Waals surface area (Å²) in [5.74, 6) is 1.67. The Hall–Kier alpha value is -1.78. The minimum absolute atomic E-state index is 0.837. The van der Waals surface area contributed by atoms with Crippen LogP contribution < -0.4 is 9.47 Å². The smallest absolute Gasteiger partial charge is 0.148 e. The Morgan fingerprint density at radius 3 is 1.55 bits per heavy atom. The molecule has 2 aliphatic heterocycles. The lowest BCUT2D eigenvalue weighted by Crippen LogP contribution is -2.02. The van der Waals surface area contributed by atoms with Gasteiger partial charge in [0.1, 0.15) is 11.5 Å². The van der Waals surface area contributed by atoms with E-state index in [2.05, 4.69) is 44.0 Å². The predicted molar refractivity (Wildman–Crippen MR) is 94.6 cm³/mol. The first-order valence-corrected chi connectivity index (χ1v) is 8.33. The number of ether oxygens (including phenoxy) is 2. The van der Waals surface area contributed by atoms with Crippen molar-refractivity contribution < 1.29 is 9.47 Å². The second-order valence-corrected chi connectivity index (χ2v) is 6.61. The van der Waals surface area contributed by atoms with Crippen molar-refractivity contribution in [1.82, 2.24) is 0 Å². The Labute approximate surface area is 145 Å². The van der Waals surface area contributed by atoms with E-state index in [0.29, 0.717) is 0 Å². The molecule has 0 spiro atoms. The third-order valence-electron chi connectivity index (χ3n) is 3.65. The lowest BCUT2D eigenvalue weighted by molar-refractivity contribution is 0.470. The highest BCUT2D eigenvalue weighted by molar-refractivity contribution is 9.10. The molecule has 2 heterocycles. The second-order valence-electron chi connectivity index (χ2n) is 4.90. The zero-order valence-corrected chi connectivity index (χ0v) is 14.5. The van der Waals surface area contributed by atoms with E-state index in [1.165, 1.54) is 0 Å². The van der Waals surface area contributed by atoms with Crippen LogP contribution >= 0.6 is 31.9 Å². The number of rotatable bonds is 0. The van der Waals surface area contributed by atoms with E-state index in [1.807, 2.05) is 36.4 Å². The number of hydrogen-bond donors (Lipinski definition) is 0. The Morgan fingerprint density at radius 1 is 0.636 bits per heavy atom. The van der Waals surface area contributed by atoms with Gasteiger partial charge in [0.2, 0.25) is 0 Å². The minimum atomic E-state index is 0.837. The van der Waals surface area contributed by atoms with Crippen molar-refractivity contribution in [3.8, 4) is 11.5 Å². The fraction of sp³-hybridized carbons (Fsp3) is 0. The van der Waals surface area contributed by atoms with E-state index in [1.54, 1.807) is 12.5 Å². The summed E-state index contributed by atoms with van der Waals surface area (Å²) in [4.78, 5) is 0. The average molecular weight is 418 g/mol. The predicted octanol–water partition coefficient (Wildman–Crippen LogP) is 5.93. The zero-order chi connectivity index (χ0) is 15.1. The highest BCUT2D eigenvalue weighted by Gasteiger charge is 2.21. The summed E-state index contributed by atoms with van der Waals surface area (Å²) in [7, 11) is 0. The van der Waals surface area contributed by atoms with Crippen molar-refractivity contribution >= 4 is 43.0 Å². The fourth-order valence-electron chi connectivity index (χ4n) is 2.67. The molecule has 0 amide bonds. The molecule has 0 N–H and O–H groups in total. The molecule has 2 aromatic carbocycles. The summed E-state index contributed by atoms with van der Waals surface area (Å²) in [6.07, 6.45) is 7.42. The normalized spacial score (nSPS) is 18.3. The number of fused-ring (bicyclic) bond motifs is 2. The van der Waals surface area contributed by atoms with Crippen molar-refractivity contribution in [3.63, 3.8) is 0 Å². The van der Waals surface area contributed by atoms with Gasteiger partial charge in [-0.1, -0.05) is 24.3 Å². The molecule has 0 bridgehead atoms. The molecule has 0 aromatic heterocycles. The maximum atomic E-state index is 5.66. The molecule has 2 nitrogen and oxygen atoms in total. The summed E-state index contributed by atoms with van der Waals surface area (Å²) in [5.41, 5.74) is 4.34. The van der Waals surface area contributed by atoms with Crippen LogP contribution in [0.25, 0.3) is 11.1 Å². The lowest BCUT2D eigenvalue weighted by atomic mass is 9.92. The van der Waals surface area contributed by atoms with Gasteiger partial charge < -0.3 is 9.47 Å². The lowest BCUT2D eigenvalue weighted by Gasteiger charge is -2.22. The van der Waals surface area contributed by atoms with E-state index >= 15 is 0 Å². The third-order valence-corrected chi connectivity index (χ3v) is 4.89. The van der Waals surface area contributed by atoms with Gasteiger partial charge in [0.25, 0.3) is 0 Å². The molecule has 22 heavy (non-hydrogen) atoms. The van der Waals surface area contributed by atoms with Crippen molar-refractivity contribution in [3.05, 3.63) is 81.1 Å². The first-order chi connectivity index (χ1) is 10.8. The monoisotopic (exact) mass is 416 g/mol. The third kappa shape index (κ3) is 2.14. The Bertz CT molecular complexity index is 792. The molecule has 108 valence electrons. The number of allylic oxidation sites excluding steroid dienone is 4. The molecular weight excluding hydrogens is 408 g/mol. The molecule has 2 aliphatic rings. The molecule has 0 aliphatic carbocycles. The van der Waals surface area contributed by atoms with Gasteiger partial charge >= 0.3 is 0 Å². The van der Waals surface area contributed by atoms with Crippen LogP contribution in [0.4, 0.5) is 0 Å². The molecule has 0 radical (unpaired) electrons. The van der Waals surface area contributed by atoms with E-state index in [0.717, 1.165) is 42.7 Å². The zero-order valence-electron chi connectivity index (χ0n) is 11.3. The molecule has 0 fully saturated rings. The number of hydrogen-bond acceptors (Lipinski definition) is 2. The molecule has 0 saturated heterocycles. The van der Waals surface area contributed by atoms with Gasteiger partial charge in [-0.05, 0) is 67.3 Å². The maximum Gasteiger partial charge on any atom is 0.148 e. The Morgan fingerprint density at radius 2 is 1.09 bits per heavy atom. The van der Waals surface area contributed by atoms with Gasteiger partial charge in [-0.25, -0.2) is 0 Å². The van der Waals surface area contributed by atoms with Crippen molar-refractivity contribution in [2.45, 2.75) is 0 Å². The van der Waals surface area contributed by atoms with Gasteiger partial charge in [-0.3, -0.25) is 0 Å². The van der Waals surface area contributed by atoms with Gasteiger partial charge in [0, 0.05) is 11.1 Å². The van der Waals surface area contributed by atoms with Crippen LogP contribution in [0.5, 0.6) is 11.5 Å². The SMILES string of the molecule is Brc1cccc2c1OC=CC2=C1C=COc2c(Br)cccc21. The van der Waals surface area contributed by atoms with Crippen LogP contribution in [0.15, 0.2) is 70.0 Å². The number of para-hydroxylation sites is 2. The standard InChI is InChI=1S/C18H10Br2O2/c19-15-5-1-3-13-11(7-9-21-17(13)15)12-8-10-22-18-14(12)4-2-6-16(18)20/h1-10H. The average Bonchev–Trinajstić information content (AvgIpc) is 2.55. The summed E-state index contributed by atoms with van der Waals surface area (Å²) in [6.45, 7) is 0. The molecule has 2 aromatic rings. The molecule has 4 rings (SSSR count). The van der Waals surface area contributed by atoms with Gasteiger partial charge in [-0.2, -0.15) is 0 Å². The van der Waals surface area contributed by atoms with Crippen LogP contribution in [0, 0.1) is 0 Å². The number of benzene rings is 2. The molecule has 4 heteroatoms. The van der Waals surface area contributed by atoms with E-state index in [-0.39, 0.29) is 0 Å². The van der Waals surface area contributed by atoms with E-state index in [9.17, 15) is 0 Å². The van der Waals surface area contributed by atoms with Crippen molar-refractivity contribution in [2.24, 2.45) is 0 Å². The van der Waals surface area contributed by atoms with Gasteiger partial charge in [0.15, 0.2) is 0 Å². The van der Waals surface area contributed by atoms with Crippen LogP contribution in [-0.2, 0) is 0 Å². The molecule has 0 saturated carbocycles. The van der Waals surface area contributed by atoms with Gasteiger partial charge in [-0.15, -0.1) is 0 Å². The van der Waals surface area contributed by atoms with Crippen LogP contribution in [-0.4, -0.2) is 0 Å². The minimum Gasteiger partial charge on any atom is -0.463 e. The molecule has 0 unspecified atom stereocenters. The van der Waals surface area contributed by atoms with Crippen LogP contribution in [0.3, 0.4) is 0 Å². The largest absolute Gasteiger partial charge is 0.463 e. The summed E-state index contributed by atoms with van der Waals surface area (Å²) >= 11 is 7.09. The Balaban J connectivity index is 2.01. The summed E-state index contributed by atoms with van der Waals surface area (Å²) in [5, 5.41) is 0. The number of halogens is 2. The van der Waals surface area contributed by atoms with Crippen LogP contribution in [0.2, 0.25) is 0 Å². The van der Waals surface area contributed by atoms with E-state index in [4.69, 9.17) is 9.47 Å².